The number of nitrogens with zero attached hydrogens (tertiary/aromatic N) is 2. The molecule has 1 amide bonds. The molecular formula is C20H19FN2O. The third kappa shape index (κ3) is 2.33. The van der Waals surface area contributed by atoms with Crippen molar-refractivity contribution < 1.29 is 9.18 Å². The van der Waals surface area contributed by atoms with Gasteiger partial charge in [0.2, 0.25) is 5.91 Å². The first-order chi connectivity index (χ1) is 11.5. The number of carbonyl (C=O) groups is 1. The van der Waals surface area contributed by atoms with Crippen molar-refractivity contribution in [3.8, 4) is 0 Å². The molecule has 0 fully saturated rings. The highest BCUT2D eigenvalue weighted by Gasteiger charge is 2.42. The number of hydrogen-bond acceptors (Lipinski definition) is 2. The van der Waals surface area contributed by atoms with E-state index in [4.69, 9.17) is 0 Å². The number of fused-ring (bicyclic) bond motifs is 3. The third-order valence-electron chi connectivity index (χ3n) is 5.01. The molecule has 1 heterocycles. The van der Waals surface area contributed by atoms with Crippen molar-refractivity contribution >= 4 is 11.6 Å². The fourth-order valence-corrected chi connectivity index (χ4v) is 3.88. The van der Waals surface area contributed by atoms with Gasteiger partial charge in [-0.25, -0.2) is 9.40 Å². The van der Waals surface area contributed by atoms with E-state index in [1.54, 1.807) is 17.1 Å². The van der Waals surface area contributed by atoms with Crippen molar-refractivity contribution in [2.45, 2.75) is 32.7 Å². The van der Waals surface area contributed by atoms with Gasteiger partial charge in [-0.3, -0.25) is 4.79 Å². The second-order valence-electron chi connectivity index (χ2n) is 6.65. The zero-order chi connectivity index (χ0) is 16.8. The van der Waals surface area contributed by atoms with Crippen molar-refractivity contribution in [2.75, 3.05) is 0 Å². The maximum Gasteiger partial charge on any atom is 0.240 e. The van der Waals surface area contributed by atoms with Crippen LogP contribution in [0.2, 0.25) is 0 Å². The van der Waals surface area contributed by atoms with Crippen molar-refractivity contribution in [1.82, 2.24) is 5.01 Å². The molecular weight excluding hydrogens is 302 g/mol. The molecule has 1 aliphatic carbocycles. The number of hydrogen-bond donors (Lipinski definition) is 0. The number of carbonyl (C=O) groups excluding carboxylic acids is 1. The second-order valence-corrected chi connectivity index (χ2v) is 6.65. The summed E-state index contributed by atoms with van der Waals surface area (Å²) in [5.74, 6) is -0.189. The van der Waals surface area contributed by atoms with E-state index in [1.807, 2.05) is 0 Å². The molecule has 0 aromatic heterocycles. The Kier molecular flexibility index (Phi) is 3.48. The Balaban J connectivity index is 1.81. The molecule has 0 spiro atoms. The molecule has 2 aliphatic rings. The standard InChI is InChI=1S/C20H19FN2O/c1-12-3-4-14-7-10-17-19(18(14)11-12)22-23(13(2)24)20(17)15-5-8-16(21)9-6-15/h3-6,8-9,11,17,20H,7,10H2,1-2H3/t17-,20-/m1/s1/i21-1. The highest BCUT2D eigenvalue weighted by Crippen LogP contribution is 2.43. The lowest BCUT2D eigenvalue weighted by atomic mass is 9.77. The summed E-state index contributed by atoms with van der Waals surface area (Å²) in [7, 11) is 0. The molecule has 4 heteroatoms. The summed E-state index contributed by atoms with van der Waals surface area (Å²) in [6, 6.07) is 12.7. The van der Waals surface area contributed by atoms with Crippen LogP contribution >= 0.6 is 0 Å². The van der Waals surface area contributed by atoms with Gasteiger partial charge in [0.05, 0.1) is 11.8 Å². The maximum absolute atomic E-state index is 13.3. The zero-order valence-corrected chi connectivity index (χ0v) is 13.8. The van der Waals surface area contributed by atoms with Gasteiger partial charge in [0.15, 0.2) is 0 Å². The molecule has 2 atom stereocenters. The minimum Gasteiger partial charge on any atom is -0.273 e. The smallest absolute Gasteiger partial charge is 0.240 e. The Hall–Kier alpha value is -2.49. The van der Waals surface area contributed by atoms with E-state index in [9.17, 15) is 9.18 Å². The van der Waals surface area contributed by atoms with Gasteiger partial charge >= 0.3 is 0 Å². The van der Waals surface area contributed by atoms with E-state index in [0.29, 0.717) is 0 Å². The zero-order valence-electron chi connectivity index (χ0n) is 13.8. The van der Waals surface area contributed by atoms with Crippen LogP contribution in [-0.4, -0.2) is 16.6 Å². The summed E-state index contributed by atoms with van der Waals surface area (Å²) >= 11 is 0. The molecule has 3 nitrogen and oxygen atoms in total. The Morgan fingerprint density at radius 3 is 2.67 bits per heavy atom. The van der Waals surface area contributed by atoms with Gasteiger partial charge in [0, 0.05) is 18.4 Å². The monoisotopic (exact) mass is 321 g/mol. The van der Waals surface area contributed by atoms with Crippen LogP contribution in [0, 0.1) is 18.7 Å². The van der Waals surface area contributed by atoms with Crippen molar-refractivity contribution in [2.24, 2.45) is 11.0 Å². The fraction of sp³-hybridized carbons (Fsp3) is 0.300. The molecule has 2 aromatic carbocycles. The molecule has 0 unspecified atom stereocenters. The summed E-state index contributed by atoms with van der Waals surface area (Å²) in [5.41, 5.74) is 5.56. The third-order valence-corrected chi connectivity index (χ3v) is 5.01. The predicted octanol–water partition coefficient (Wildman–Crippen LogP) is 4.00. The Bertz CT molecular complexity index is 841. The van der Waals surface area contributed by atoms with Gasteiger partial charge in [-0.15, -0.1) is 0 Å². The molecule has 0 bridgehead atoms. The molecule has 0 saturated heterocycles. The minimum atomic E-state index is -0.267. The SMILES string of the molecule is CC(=O)N1N=C2c3cc(C)ccc3CC[C@H]2[C@H]1c1ccc([18F])cc1. The Labute approximate surface area is 140 Å². The number of benzene rings is 2. The number of hydrazone groups is 1. The largest absolute Gasteiger partial charge is 0.273 e. The van der Waals surface area contributed by atoms with Gasteiger partial charge in [0.1, 0.15) is 5.82 Å². The molecule has 1 aliphatic heterocycles. The molecule has 4 rings (SSSR count). The number of rotatable bonds is 1. The summed E-state index contributed by atoms with van der Waals surface area (Å²) in [6.07, 6.45) is 1.92. The van der Waals surface area contributed by atoms with Crippen LogP contribution in [0.15, 0.2) is 47.6 Å². The molecule has 0 radical (unpaired) electrons. The van der Waals surface area contributed by atoms with E-state index in [-0.39, 0.29) is 23.7 Å². The lowest BCUT2D eigenvalue weighted by Crippen LogP contribution is -2.31. The first kappa shape index (κ1) is 15.1. The van der Waals surface area contributed by atoms with E-state index >= 15 is 0 Å². The highest BCUT2D eigenvalue weighted by molar-refractivity contribution is 6.06. The van der Waals surface area contributed by atoms with Crippen LogP contribution in [0.25, 0.3) is 0 Å². The first-order valence-corrected chi connectivity index (χ1v) is 8.28. The normalized spacial score (nSPS) is 22.0. The van der Waals surface area contributed by atoms with Crippen LogP contribution in [0.1, 0.15) is 41.6 Å². The van der Waals surface area contributed by atoms with Crippen molar-refractivity contribution in [3.63, 3.8) is 0 Å². The molecule has 0 saturated carbocycles. The molecule has 122 valence electrons. The minimum absolute atomic E-state index is 0.0829. The van der Waals surface area contributed by atoms with Gasteiger partial charge in [-0.2, -0.15) is 5.10 Å². The van der Waals surface area contributed by atoms with Gasteiger partial charge in [0.25, 0.3) is 0 Å². The Morgan fingerprint density at radius 2 is 1.96 bits per heavy atom. The predicted molar refractivity (Wildman–Crippen MR) is 91.2 cm³/mol. The van der Waals surface area contributed by atoms with Crippen LogP contribution in [0.3, 0.4) is 0 Å². The summed E-state index contributed by atoms with van der Waals surface area (Å²) in [4.78, 5) is 12.2. The van der Waals surface area contributed by atoms with Crippen LogP contribution < -0.4 is 0 Å². The van der Waals surface area contributed by atoms with Crippen LogP contribution in [0.5, 0.6) is 0 Å². The number of amides is 1. The fourth-order valence-electron chi connectivity index (χ4n) is 3.88. The van der Waals surface area contributed by atoms with E-state index < -0.39 is 0 Å². The van der Waals surface area contributed by atoms with Gasteiger partial charge in [-0.1, -0.05) is 29.8 Å². The van der Waals surface area contributed by atoms with Crippen LogP contribution in [-0.2, 0) is 11.2 Å². The first-order valence-electron chi connectivity index (χ1n) is 8.28. The Morgan fingerprint density at radius 1 is 1.21 bits per heavy atom. The lowest BCUT2D eigenvalue weighted by Gasteiger charge is -2.29. The quantitative estimate of drug-likeness (QED) is 0.781. The summed E-state index contributed by atoms with van der Waals surface area (Å²) in [6.45, 7) is 3.61. The summed E-state index contributed by atoms with van der Waals surface area (Å²) < 4.78 is 13.3. The number of aryl methyl sites for hydroxylation is 2. The molecule has 0 N–H and O–H groups in total. The van der Waals surface area contributed by atoms with E-state index in [1.165, 1.54) is 30.2 Å². The average Bonchev–Trinajstić information content (AvgIpc) is 2.96. The van der Waals surface area contributed by atoms with Gasteiger partial charge in [-0.05, 0) is 49.1 Å². The summed E-state index contributed by atoms with van der Waals surface area (Å²) in [5, 5.41) is 6.25. The van der Waals surface area contributed by atoms with Crippen molar-refractivity contribution in [3.05, 3.63) is 70.5 Å². The second kappa shape index (κ2) is 5.55. The average molecular weight is 321 g/mol. The number of halogens is 1. The van der Waals surface area contributed by atoms with E-state index in [2.05, 4.69) is 30.2 Å². The molecule has 24 heavy (non-hydrogen) atoms. The topological polar surface area (TPSA) is 32.7 Å². The maximum atomic E-state index is 13.3. The van der Waals surface area contributed by atoms with Crippen LogP contribution in [0.4, 0.5) is 4.39 Å². The highest BCUT2D eigenvalue weighted by atomic mass is 18.2. The van der Waals surface area contributed by atoms with Crippen molar-refractivity contribution in [1.29, 1.82) is 0 Å². The lowest BCUT2D eigenvalue weighted by molar-refractivity contribution is -0.131. The molecule has 2 aromatic rings. The van der Waals surface area contributed by atoms with E-state index in [0.717, 1.165) is 29.7 Å². The van der Waals surface area contributed by atoms with Gasteiger partial charge < -0.3 is 0 Å².